The van der Waals surface area contributed by atoms with Gasteiger partial charge >= 0.3 is 0 Å². The molecule has 1 fully saturated rings. The fourth-order valence-electron chi connectivity index (χ4n) is 3.34. The Morgan fingerprint density at radius 1 is 1.35 bits per heavy atom. The Labute approximate surface area is 145 Å². The monoisotopic (exact) mass is 349 g/mol. The molecule has 3 rings (SSSR count). The van der Waals surface area contributed by atoms with E-state index < -0.39 is 6.10 Å². The molecule has 0 radical (unpaired) electrons. The van der Waals surface area contributed by atoms with Gasteiger partial charge in [0.25, 0.3) is 0 Å². The minimum atomic E-state index is -0.413. The van der Waals surface area contributed by atoms with Crippen LogP contribution in [-0.2, 0) is 16.6 Å². The molecule has 1 aliphatic carbocycles. The van der Waals surface area contributed by atoms with E-state index >= 15 is 0 Å². The molecular weight excluding hydrogens is 326 g/mol. The van der Waals surface area contributed by atoms with Gasteiger partial charge in [0.05, 0.1) is 11.5 Å². The van der Waals surface area contributed by atoms with Crippen LogP contribution in [0.3, 0.4) is 0 Å². The van der Waals surface area contributed by atoms with Crippen molar-refractivity contribution in [2.75, 3.05) is 6.54 Å². The lowest BCUT2D eigenvalue weighted by Crippen LogP contribution is -2.42. The molecular formula is C18H23NO2S2. The zero-order chi connectivity index (χ0) is 16.3. The summed E-state index contributed by atoms with van der Waals surface area (Å²) in [6.45, 7) is 2.44. The summed E-state index contributed by atoms with van der Waals surface area (Å²) in [5.41, 5.74) is -0.297. The van der Waals surface area contributed by atoms with Crippen LogP contribution in [0.15, 0.2) is 29.6 Å². The van der Waals surface area contributed by atoms with Crippen molar-refractivity contribution < 1.29 is 9.90 Å². The Morgan fingerprint density at radius 2 is 2.13 bits per heavy atom. The molecule has 0 aromatic carbocycles. The van der Waals surface area contributed by atoms with E-state index in [0.717, 1.165) is 37.0 Å². The SMILES string of the molecule is C[C@@H](O)c1ccc(CCNC(=O)C2(c3cccs3)CCCC2)s1. The molecule has 1 atom stereocenters. The Hall–Kier alpha value is -1.17. The van der Waals surface area contributed by atoms with Gasteiger partial charge in [-0.3, -0.25) is 4.79 Å². The number of carbonyl (C=O) groups is 1. The van der Waals surface area contributed by atoms with Gasteiger partial charge in [0.2, 0.25) is 5.91 Å². The summed E-state index contributed by atoms with van der Waals surface area (Å²) >= 11 is 3.32. The van der Waals surface area contributed by atoms with Crippen molar-refractivity contribution in [3.05, 3.63) is 44.3 Å². The lowest BCUT2D eigenvalue weighted by Gasteiger charge is -2.26. The minimum Gasteiger partial charge on any atom is -0.388 e. The number of carbonyl (C=O) groups excluding carboxylic acids is 1. The molecule has 1 saturated carbocycles. The summed E-state index contributed by atoms with van der Waals surface area (Å²) in [4.78, 5) is 16.2. The van der Waals surface area contributed by atoms with Gasteiger partial charge in [-0.15, -0.1) is 22.7 Å². The number of hydrogen-bond acceptors (Lipinski definition) is 4. The van der Waals surface area contributed by atoms with Crippen molar-refractivity contribution in [1.29, 1.82) is 0 Å². The number of hydrogen-bond donors (Lipinski definition) is 2. The lowest BCUT2D eigenvalue weighted by molar-refractivity contribution is -0.126. The molecule has 3 nitrogen and oxygen atoms in total. The molecule has 2 aromatic rings. The first-order valence-electron chi connectivity index (χ1n) is 8.21. The van der Waals surface area contributed by atoms with Crippen molar-refractivity contribution in [3.8, 4) is 0 Å². The topological polar surface area (TPSA) is 49.3 Å². The molecule has 2 heterocycles. The zero-order valence-electron chi connectivity index (χ0n) is 13.4. The molecule has 23 heavy (non-hydrogen) atoms. The number of aliphatic hydroxyl groups is 1. The van der Waals surface area contributed by atoms with E-state index in [4.69, 9.17) is 0 Å². The van der Waals surface area contributed by atoms with Crippen LogP contribution in [0.5, 0.6) is 0 Å². The summed E-state index contributed by atoms with van der Waals surface area (Å²) in [5, 5.41) is 14.8. The van der Waals surface area contributed by atoms with Crippen molar-refractivity contribution in [3.63, 3.8) is 0 Å². The van der Waals surface area contributed by atoms with Gasteiger partial charge in [-0.2, -0.15) is 0 Å². The molecule has 0 bridgehead atoms. The second-order valence-electron chi connectivity index (χ2n) is 6.25. The minimum absolute atomic E-state index is 0.185. The van der Waals surface area contributed by atoms with Crippen LogP contribution in [0.4, 0.5) is 0 Å². The summed E-state index contributed by atoms with van der Waals surface area (Å²) in [6.07, 6.45) is 4.60. The normalized spacial score (nSPS) is 18.0. The van der Waals surface area contributed by atoms with Gasteiger partial charge in [0.15, 0.2) is 0 Å². The van der Waals surface area contributed by atoms with E-state index in [2.05, 4.69) is 16.8 Å². The second kappa shape index (κ2) is 7.16. The number of rotatable bonds is 6. The predicted octanol–water partition coefficient (Wildman–Crippen LogP) is 4.03. The van der Waals surface area contributed by atoms with Crippen LogP contribution in [0.25, 0.3) is 0 Å². The maximum Gasteiger partial charge on any atom is 0.231 e. The van der Waals surface area contributed by atoms with Crippen molar-refractivity contribution >= 4 is 28.6 Å². The first kappa shape index (κ1) is 16.7. The number of aliphatic hydroxyl groups excluding tert-OH is 1. The van der Waals surface area contributed by atoms with Gasteiger partial charge in [-0.25, -0.2) is 0 Å². The highest BCUT2D eigenvalue weighted by atomic mass is 32.1. The Kier molecular flexibility index (Phi) is 5.19. The number of amides is 1. The highest BCUT2D eigenvalue weighted by molar-refractivity contribution is 7.12. The molecule has 0 unspecified atom stereocenters. The average Bonchev–Trinajstić information content (AvgIpc) is 3.27. The first-order valence-corrected chi connectivity index (χ1v) is 9.90. The zero-order valence-corrected chi connectivity index (χ0v) is 15.0. The van der Waals surface area contributed by atoms with E-state index in [1.165, 1.54) is 9.75 Å². The first-order chi connectivity index (χ1) is 11.1. The summed E-state index contributed by atoms with van der Waals surface area (Å²) in [5.74, 6) is 0.185. The Balaban J connectivity index is 1.59. The van der Waals surface area contributed by atoms with Crippen molar-refractivity contribution in [2.45, 2.75) is 50.5 Å². The fourth-order valence-corrected chi connectivity index (χ4v) is 5.27. The molecule has 0 aliphatic heterocycles. The standard InChI is InChI=1S/C18H23NO2S2/c1-13(20)15-7-6-14(23-15)8-11-19-17(21)18(9-2-3-10-18)16-5-4-12-22-16/h4-7,12-13,20H,2-3,8-11H2,1H3,(H,19,21)/t13-/m1/s1. The van der Waals surface area contributed by atoms with Crippen LogP contribution in [0.1, 0.15) is 53.3 Å². The molecule has 0 saturated heterocycles. The fraction of sp³-hybridized carbons (Fsp3) is 0.500. The van der Waals surface area contributed by atoms with E-state index in [-0.39, 0.29) is 11.3 Å². The smallest absolute Gasteiger partial charge is 0.231 e. The van der Waals surface area contributed by atoms with Crippen LogP contribution in [0, 0.1) is 0 Å². The molecule has 5 heteroatoms. The number of nitrogens with one attached hydrogen (secondary N) is 1. The number of thiophene rings is 2. The van der Waals surface area contributed by atoms with Crippen LogP contribution < -0.4 is 5.32 Å². The van der Waals surface area contributed by atoms with Crippen LogP contribution in [-0.4, -0.2) is 17.6 Å². The van der Waals surface area contributed by atoms with Gasteiger partial charge in [-0.1, -0.05) is 18.9 Å². The average molecular weight is 350 g/mol. The Morgan fingerprint density at radius 3 is 2.74 bits per heavy atom. The largest absolute Gasteiger partial charge is 0.388 e. The Bertz CT molecular complexity index is 640. The molecule has 124 valence electrons. The molecule has 1 aliphatic rings. The van der Waals surface area contributed by atoms with E-state index in [9.17, 15) is 9.90 Å². The van der Waals surface area contributed by atoms with Gasteiger partial charge in [-0.05, 0) is 49.8 Å². The maximum absolute atomic E-state index is 12.8. The maximum atomic E-state index is 12.8. The van der Waals surface area contributed by atoms with Gasteiger partial charge in [0, 0.05) is 21.2 Å². The van der Waals surface area contributed by atoms with E-state index in [1.54, 1.807) is 29.6 Å². The summed E-state index contributed by atoms with van der Waals surface area (Å²) in [6, 6.07) is 8.15. The van der Waals surface area contributed by atoms with Crippen LogP contribution >= 0.6 is 22.7 Å². The highest BCUT2D eigenvalue weighted by Crippen LogP contribution is 2.43. The third-order valence-electron chi connectivity index (χ3n) is 4.64. The lowest BCUT2D eigenvalue weighted by atomic mass is 9.83. The highest BCUT2D eigenvalue weighted by Gasteiger charge is 2.43. The molecule has 0 spiro atoms. The van der Waals surface area contributed by atoms with Gasteiger partial charge in [0.1, 0.15) is 0 Å². The summed E-state index contributed by atoms with van der Waals surface area (Å²) in [7, 11) is 0. The molecule has 2 aromatic heterocycles. The molecule has 1 amide bonds. The third kappa shape index (κ3) is 3.52. The van der Waals surface area contributed by atoms with Crippen molar-refractivity contribution in [1.82, 2.24) is 5.32 Å². The second-order valence-corrected chi connectivity index (χ2v) is 8.40. The summed E-state index contributed by atoms with van der Waals surface area (Å²) < 4.78 is 0. The van der Waals surface area contributed by atoms with Gasteiger partial charge < -0.3 is 10.4 Å². The quantitative estimate of drug-likeness (QED) is 0.827. The van der Waals surface area contributed by atoms with Crippen LogP contribution in [0.2, 0.25) is 0 Å². The predicted molar refractivity (Wildman–Crippen MR) is 96.1 cm³/mol. The van der Waals surface area contributed by atoms with E-state index in [1.807, 2.05) is 18.2 Å². The van der Waals surface area contributed by atoms with Crippen molar-refractivity contribution in [2.24, 2.45) is 0 Å². The third-order valence-corrected chi connectivity index (χ3v) is 7.03. The van der Waals surface area contributed by atoms with E-state index in [0.29, 0.717) is 6.54 Å². The molecule has 2 N–H and O–H groups in total.